The minimum atomic E-state index is -3.42. The minimum Gasteiger partial charge on any atom is -0.481 e. The summed E-state index contributed by atoms with van der Waals surface area (Å²) in [4.78, 5) is 11.1. The van der Waals surface area contributed by atoms with E-state index >= 15 is 0 Å². The number of hydrogen-bond donors (Lipinski definition) is 1. The van der Waals surface area contributed by atoms with Crippen LogP contribution in [0.15, 0.2) is 48.6 Å². The summed E-state index contributed by atoms with van der Waals surface area (Å²) in [6.07, 6.45) is 9.27. The predicted octanol–water partition coefficient (Wildman–Crippen LogP) is 3.10. The maximum Gasteiger partial charge on any atom is 0.307 e. The van der Waals surface area contributed by atoms with Crippen molar-refractivity contribution in [3.63, 3.8) is 0 Å². The summed E-state index contributed by atoms with van der Waals surface area (Å²) in [6, 6.07) is 7.60. The number of carbonyl (C=O) groups is 1. The number of nitrogens with zero attached hydrogens (tertiary/aromatic N) is 1. The summed E-state index contributed by atoms with van der Waals surface area (Å²) in [7, 11) is -3.42. The van der Waals surface area contributed by atoms with E-state index in [2.05, 4.69) is 0 Å². The van der Waals surface area contributed by atoms with E-state index in [0.717, 1.165) is 11.1 Å². The van der Waals surface area contributed by atoms with Gasteiger partial charge in [-0.3, -0.25) is 4.79 Å². The van der Waals surface area contributed by atoms with Crippen molar-refractivity contribution in [2.75, 3.05) is 13.1 Å². The number of benzene rings is 1. The van der Waals surface area contributed by atoms with Crippen molar-refractivity contribution in [1.82, 2.24) is 4.31 Å². The highest BCUT2D eigenvalue weighted by Gasteiger charge is 2.42. The molecule has 1 saturated heterocycles. The Hall–Kier alpha value is -1.92. The molecule has 1 aromatic rings. The Kier molecular flexibility index (Phi) is 5.34. The van der Waals surface area contributed by atoms with Crippen LogP contribution in [-0.2, 0) is 21.2 Å². The molecule has 1 unspecified atom stereocenters. The summed E-state index contributed by atoms with van der Waals surface area (Å²) >= 11 is 0. The van der Waals surface area contributed by atoms with Crippen LogP contribution in [0.5, 0.6) is 0 Å². The van der Waals surface area contributed by atoms with Crippen molar-refractivity contribution in [2.24, 2.45) is 0 Å². The minimum absolute atomic E-state index is 0.00386. The Bertz CT molecular complexity index is 835. The maximum absolute atomic E-state index is 13.1. The molecule has 0 radical (unpaired) electrons. The molecule has 0 bridgehead atoms. The fourth-order valence-electron chi connectivity index (χ4n) is 3.86. The number of rotatable bonds is 5. The molecule has 1 atom stereocenters. The van der Waals surface area contributed by atoms with E-state index in [9.17, 15) is 13.2 Å². The van der Waals surface area contributed by atoms with Gasteiger partial charge in [-0.05, 0) is 43.2 Å². The molecule has 26 heavy (non-hydrogen) atoms. The van der Waals surface area contributed by atoms with Gasteiger partial charge in [-0.15, -0.1) is 0 Å². The van der Waals surface area contributed by atoms with Crippen molar-refractivity contribution in [3.05, 3.63) is 59.7 Å². The molecule has 2 aliphatic rings. The highest BCUT2D eigenvalue weighted by Crippen LogP contribution is 2.36. The molecule has 0 amide bonds. The van der Waals surface area contributed by atoms with Crippen LogP contribution >= 0.6 is 0 Å². The molecule has 140 valence electrons. The number of aliphatic carboxylic acids is 1. The molecule has 0 spiro atoms. The number of piperidine rings is 1. The van der Waals surface area contributed by atoms with Gasteiger partial charge in [-0.1, -0.05) is 48.6 Å². The van der Waals surface area contributed by atoms with Gasteiger partial charge in [0.25, 0.3) is 0 Å². The molecule has 0 saturated carbocycles. The van der Waals surface area contributed by atoms with Gasteiger partial charge in [0.1, 0.15) is 4.75 Å². The predicted molar refractivity (Wildman–Crippen MR) is 102 cm³/mol. The van der Waals surface area contributed by atoms with E-state index < -0.39 is 20.7 Å². The Morgan fingerprint density at radius 2 is 1.92 bits per heavy atom. The van der Waals surface area contributed by atoms with Gasteiger partial charge in [0.15, 0.2) is 0 Å². The van der Waals surface area contributed by atoms with E-state index in [1.165, 1.54) is 0 Å². The van der Waals surface area contributed by atoms with Crippen LogP contribution in [0.4, 0.5) is 0 Å². The molecule has 1 N–H and O–H groups in total. The molecule has 1 aliphatic carbocycles. The Morgan fingerprint density at radius 1 is 1.23 bits per heavy atom. The average Bonchev–Trinajstić information content (AvgIpc) is 2.62. The molecule has 0 aromatic heterocycles. The first-order valence-corrected chi connectivity index (χ1v) is 10.4. The highest BCUT2D eigenvalue weighted by atomic mass is 32.2. The second-order valence-corrected chi connectivity index (χ2v) is 9.65. The normalized spacial score (nSPS) is 24.7. The van der Waals surface area contributed by atoms with Crippen molar-refractivity contribution < 1.29 is 18.3 Å². The quantitative estimate of drug-likeness (QED) is 0.858. The second kappa shape index (κ2) is 7.37. The van der Waals surface area contributed by atoms with Crippen LogP contribution in [0.1, 0.15) is 43.2 Å². The molecule has 1 aromatic carbocycles. The van der Waals surface area contributed by atoms with Crippen LogP contribution < -0.4 is 0 Å². The SMILES string of the molecule is CC1(S(=O)(=O)N2CCC(c3ccccc3CC(=O)O)CC2)C=CC=CC1. The summed E-state index contributed by atoms with van der Waals surface area (Å²) in [5, 5.41) is 9.11. The summed E-state index contributed by atoms with van der Waals surface area (Å²) in [5.74, 6) is -0.644. The highest BCUT2D eigenvalue weighted by molar-refractivity contribution is 7.90. The number of carboxylic acid groups (broad SMARTS) is 1. The lowest BCUT2D eigenvalue weighted by molar-refractivity contribution is -0.136. The number of allylic oxidation sites excluding steroid dienone is 3. The standard InChI is InChI=1S/C20H25NO4S/c1-20(11-5-2-6-12-20)26(24,25)21-13-9-16(10-14-21)18-8-4-3-7-17(18)15-19(22)23/h2-8,11,16H,9-10,12-15H2,1H3,(H,22,23). The van der Waals surface area contributed by atoms with Gasteiger partial charge in [-0.25, -0.2) is 12.7 Å². The van der Waals surface area contributed by atoms with Gasteiger partial charge in [0.05, 0.1) is 6.42 Å². The molecule has 1 aliphatic heterocycles. The smallest absolute Gasteiger partial charge is 0.307 e. The first-order valence-electron chi connectivity index (χ1n) is 8.97. The molecule has 6 heteroatoms. The van der Waals surface area contributed by atoms with Crippen molar-refractivity contribution in [2.45, 2.75) is 43.3 Å². The van der Waals surface area contributed by atoms with Crippen molar-refractivity contribution in [1.29, 1.82) is 0 Å². The zero-order valence-corrected chi connectivity index (χ0v) is 15.8. The Morgan fingerprint density at radius 3 is 2.54 bits per heavy atom. The zero-order chi connectivity index (χ0) is 18.8. The topological polar surface area (TPSA) is 74.7 Å². The largest absolute Gasteiger partial charge is 0.481 e. The van der Waals surface area contributed by atoms with Gasteiger partial charge in [0, 0.05) is 13.1 Å². The van der Waals surface area contributed by atoms with E-state index in [1.807, 2.05) is 36.4 Å². The third-order valence-corrected chi connectivity index (χ3v) is 7.97. The number of carboxylic acids is 1. The van der Waals surface area contributed by atoms with Gasteiger partial charge in [-0.2, -0.15) is 0 Å². The van der Waals surface area contributed by atoms with Gasteiger partial charge >= 0.3 is 5.97 Å². The molecule has 1 fully saturated rings. The lowest BCUT2D eigenvalue weighted by atomic mass is 9.86. The van der Waals surface area contributed by atoms with Crippen LogP contribution in [0.2, 0.25) is 0 Å². The lowest BCUT2D eigenvalue weighted by Crippen LogP contribution is -2.48. The Labute approximate surface area is 155 Å². The van der Waals surface area contributed by atoms with E-state index in [0.29, 0.717) is 32.4 Å². The van der Waals surface area contributed by atoms with Crippen LogP contribution in [0.25, 0.3) is 0 Å². The number of sulfonamides is 1. The summed E-state index contributed by atoms with van der Waals surface area (Å²) in [6.45, 7) is 2.72. The zero-order valence-electron chi connectivity index (χ0n) is 15.0. The second-order valence-electron chi connectivity index (χ2n) is 7.25. The molecular weight excluding hydrogens is 350 g/mol. The van der Waals surface area contributed by atoms with Crippen LogP contribution in [-0.4, -0.2) is 41.6 Å². The fraction of sp³-hybridized carbons (Fsp3) is 0.450. The Balaban J connectivity index is 1.73. The van der Waals surface area contributed by atoms with Gasteiger partial charge in [0.2, 0.25) is 10.0 Å². The lowest BCUT2D eigenvalue weighted by Gasteiger charge is -2.38. The number of hydrogen-bond acceptors (Lipinski definition) is 3. The third kappa shape index (κ3) is 3.62. The van der Waals surface area contributed by atoms with E-state index in [1.54, 1.807) is 23.4 Å². The third-order valence-electron chi connectivity index (χ3n) is 5.44. The molecule has 1 heterocycles. The van der Waals surface area contributed by atoms with Crippen molar-refractivity contribution in [3.8, 4) is 0 Å². The van der Waals surface area contributed by atoms with E-state index in [-0.39, 0.29) is 12.3 Å². The van der Waals surface area contributed by atoms with Crippen molar-refractivity contribution >= 4 is 16.0 Å². The maximum atomic E-state index is 13.1. The molecule has 3 rings (SSSR count). The van der Waals surface area contributed by atoms with Crippen LogP contribution in [0, 0.1) is 0 Å². The van der Waals surface area contributed by atoms with Gasteiger partial charge < -0.3 is 5.11 Å². The molecular formula is C20H25NO4S. The first-order chi connectivity index (χ1) is 12.3. The van der Waals surface area contributed by atoms with Crippen LogP contribution in [0.3, 0.4) is 0 Å². The molecule has 5 nitrogen and oxygen atoms in total. The van der Waals surface area contributed by atoms with E-state index in [4.69, 9.17) is 5.11 Å². The average molecular weight is 375 g/mol. The monoisotopic (exact) mass is 375 g/mol. The fourth-order valence-corrected chi connectivity index (χ4v) is 5.70. The first kappa shape index (κ1) is 18.9. The summed E-state index contributed by atoms with van der Waals surface area (Å²) in [5.41, 5.74) is 1.87. The summed E-state index contributed by atoms with van der Waals surface area (Å²) < 4.78 is 26.9.